The third-order valence-electron chi connectivity index (χ3n) is 4.33. The smallest absolute Gasteiger partial charge is 0.246 e. The Morgan fingerprint density at radius 1 is 1.50 bits per heavy atom. The molecule has 1 N–H and O–H groups in total. The minimum Gasteiger partial charge on any atom is -0.349 e. The number of anilines is 1. The fourth-order valence-electron chi connectivity index (χ4n) is 3.09. The van der Waals surface area contributed by atoms with Crippen LogP contribution >= 0.6 is 11.3 Å². The van der Waals surface area contributed by atoms with E-state index in [0.29, 0.717) is 13.1 Å². The number of carbonyl (C=O) groups excluding carboxylic acids is 1. The number of aromatic amines is 1. The Bertz CT molecular complexity index is 916. The van der Waals surface area contributed by atoms with Crippen molar-refractivity contribution in [3.05, 3.63) is 47.3 Å². The number of thiazole rings is 1. The molecule has 1 atom stereocenters. The summed E-state index contributed by atoms with van der Waals surface area (Å²) in [6, 6.07) is 1.96. The second-order valence-corrected chi connectivity index (χ2v) is 6.54. The summed E-state index contributed by atoms with van der Waals surface area (Å²) >= 11 is 1.62. The minimum absolute atomic E-state index is 0.00171. The lowest BCUT2D eigenvalue weighted by molar-refractivity contribution is -0.127. The predicted molar refractivity (Wildman–Crippen MR) is 92.8 cm³/mol. The first-order chi connectivity index (χ1) is 11.7. The third-order valence-corrected chi connectivity index (χ3v) is 5.30. The van der Waals surface area contributed by atoms with E-state index in [0.717, 1.165) is 22.5 Å². The van der Waals surface area contributed by atoms with Crippen LogP contribution in [0.2, 0.25) is 0 Å². The van der Waals surface area contributed by atoms with Crippen LogP contribution < -0.4 is 4.90 Å². The van der Waals surface area contributed by atoms with Crippen LogP contribution in [-0.4, -0.2) is 44.3 Å². The molecule has 122 valence electrons. The molecule has 4 rings (SSSR count). The number of carbonyl (C=O) groups is 1. The first-order valence-corrected chi connectivity index (χ1v) is 8.41. The van der Waals surface area contributed by atoms with E-state index in [9.17, 15) is 4.79 Å². The summed E-state index contributed by atoms with van der Waals surface area (Å²) in [6.45, 7) is 4.70. The number of nitrogens with zero attached hydrogens (tertiary/aromatic N) is 5. The highest BCUT2D eigenvalue weighted by Crippen LogP contribution is 2.36. The molecule has 8 heteroatoms. The number of rotatable bonds is 3. The molecule has 0 saturated carbocycles. The van der Waals surface area contributed by atoms with Crippen LogP contribution in [0.15, 0.2) is 36.8 Å². The summed E-state index contributed by atoms with van der Waals surface area (Å²) in [5.74, 6) is 0.750. The molecule has 0 radical (unpaired) electrons. The van der Waals surface area contributed by atoms with E-state index in [-0.39, 0.29) is 11.9 Å². The van der Waals surface area contributed by atoms with Gasteiger partial charge in [0.2, 0.25) is 5.91 Å². The van der Waals surface area contributed by atoms with Gasteiger partial charge in [-0.25, -0.2) is 15.0 Å². The lowest BCUT2D eigenvalue weighted by Gasteiger charge is -2.37. The molecule has 24 heavy (non-hydrogen) atoms. The SMILES string of the molecule is C=CC(=O)N1Cc2ncsc2[C@H](N(C)c2ncnc3[nH]ccc23)C1. The molecule has 0 unspecified atom stereocenters. The van der Waals surface area contributed by atoms with Gasteiger partial charge in [-0.15, -0.1) is 11.3 Å². The summed E-state index contributed by atoms with van der Waals surface area (Å²) < 4.78 is 0. The van der Waals surface area contributed by atoms with Crippen molar-refractivity contribution < 1.29 is 4.79 Å². The fraction of sp³-hybridized carbons (Fsp3) is 0.250. The van der Waals surface area contributed by atoms with Crippen LogP contribution in [0, 0.1) is 0 Å². The molecule has 4 heterocycles. The first kappa shape index (κ1) is 14.8. The highest BCUT2D eigenvalue weighted by atomic mass is 32.1. The number of H-pyrrole nitrogens is 1. The average molecular weight is 340 g/mol. The number of aromatic nitrogens is 4. The van der Waals surface area contributed by atoms with Gasteiger partial charge >= 0.3 is 0 Å². The van der Waals surface area contributed by atoms with Crippen LogP contribution in [0.1, 0.15) is 16.6 Å². The van der Waals surface area contributed by atoms with Gasteiger partial charge in [-0.1, -0.05) is 6.58 Å². The van der Waals surface area contributed by atoms with Gasteiger partial charge < -0.3 is 14.8 Å². The number of fused-ring (bicyclic) bond motifs is 2. The molecule has 0 fully saturated rings. The zero-order valence-corrected chi connectivity index (χ0v) is 14.0. The second kappa shape index (κ2) is 5.72. The van der Waals surface area contributed by atoms with Gasteiger partial charge in [0.1, 0.15) is 17.8 Å². The molecule has 7 nitrogen and oxygen atoms in total. The largest absolute Gasteiger partial charge is 0.349 e. The van der Waals surface area contributed by atoms with Crippen molar-refractivity contribution in [2.75, 3.05) is 18.5 Å². The molecule has 3 aromatic rings. The normalized spacial score (nSPS) is 16.9. The van der Waals surface area contributed by atoms with Crippen molar-refractivity contribution in [1.29, 1.82) is 0 Å². The third kappa shape index (κ3) is 2.26. The summed E-state index contributed by atoms with van der Waals surface area (Å²) in [6.07, 6.45) is 4.75. The Morgan fingerprint density at radius 2 is 2.38 bits per heavy atom. The maximum Gasteiger partial charge on any atom is 0.246 e. The topological polar surface area (TPSA) is 78.0 Å². The lowest BCUT2D eigenvalue weighted by Crippen LogP contribution is -2.42. The highest BCUT2D eigenvalue weighted by Gasteiger charge is 2.33. The quantitative estimate of drug-likeness (QED) is 0.739. The number of likely N-dealkylation sites (N-methyl/N-ethyl adjacent to an activating group) is 1. The second-order valence-electron chi connectivity index (χ2n) is 5.65. The van der Waals surface area contributed by atoms with Gasteiger partial charge in [0, 0.05) is 19.8 Å². The molecule has 0 aromatic carbocycles. The lowest BCUT2D eigenvalue weighted by atomic mass is 10.1. The van der Waals surface area contributed by atoms with Crippen molar-refractivity contribution in [3.63, 3.8) is 0 Å². The van der Waals surface area contributed by atoms with E-state index in [1.165, 1.54) is 11.0 Å². The Balaban J connectivity index is 1.76. The predicted octanol–water partition coefficient (Wildman–Crippen LogP) is 2.12. The number of nitrogens with one attached hydrogen (secondary N) is 1. The zero-order valence-electron chi connectivity index (χ0n) is 13.1. The van der Waals surface area contributed by atoms with Crippen LogP contribution in [0.3, 0.4) is 0 Å². The Labute approximate surface area is 142 Å². The van der Waals surface area contributed by atoms with E-state index in [1.807, 2.05) is 24.8 Å². The fourth-order valence-corrected chi connectivity index (χ4v) is 4.02. The molecule has 1 aliphatic rings. The van der Waals surface area contributed by atoms with Crippen LogP contribution in [0.4, 0.5) is 5.82 Å². The molecule has 0 bridgehead atoms. The first-order valence-electron chi connectivity index (χ1n) is 7.53. The Morgan fingerprint density at radius 3 is 3.21 bits per heavy atom. The molecule has 0 saturated heterocycles. The average Bonchev–Trinajstić information content (AvgIpc) is 3.27. The monoisotopic (exact) mass is 340 g/mol. The van der Waals surface area contributed by atoms with E-state index in [1.54, 1.807) is 22.6 Å². The van der Waals surface area contributed by atoms with Crippen molar-refractivity contribution in [2.24, 2.45) is 0 Å². The van der Waals surface area contributed by atoms with Gasteiger partial charge in [0.15, 0.2) is 0 Å². The summed E-state index contributed by atoms with van der Waals surface area (Å²) in [4.78, 5) is 33.4. The van der Waals surface area contributed by atoms with E-state index >= 15 is 0 Å². The molecular formula is C16H16N6OS. The number of hydrogen-bond acceptors (Lipinski definition) is 6. The van der Waals surface area contributed by atoms with Gasteiger partial charge in [-0.2, -0.15) is 0 Å². The van der Waals surface area contributed by atoms with Crippen LogP contribution in [0.25, 0.3) is 11.0 Å². The minimum atomic E-state index is -0.0819. The van der Waals surface area contributed by atoms with Crippen molar-refractivity contribution in [3.8, 4) is 0 Å². The molecule has 1 aliphatic heterocycles. The Kier molecular flexibility index (Phi) is 3.53. The van der Waals surface area contributed by atoms with Gasteiger partial charge in [-0.3, -0.25) is 4.79 Å². The summed E-state index contributed by atoms with van der Waals surface area (Å²) in [7, 11) is 1.99. The van der Waals surface area contributed by atoms with Crippen LogP contribution in [-0.2, 0) is 11.3 Å². The zero-order chi connectivity index (χ0) is 16.7. The van der Waals surface area contributed by atoms with Crippen LogP contribution in [0.5, 0.6) is 0 Å². The maximum atomic E-state index is 12.1. The van der Waals surface area contributed by atoms with E-state index in [2.05, 4.69) is 31.4 Å². The Hall–Kier alpha value is -2.74. The molecular weight excluding hydrogens is 324 g/mol. The molecule has 0 aliphatic carbocycles. The highest BCUT2D eigenvalue weighted by molar-refractivity contribution is 7.09. The maximum absolute atomic E-state index is 12.1. The number of amides is 1. The van der Waals surface area contributed by atoms with Crippen molar-refractivity contribution in [2.45, 2.75) is 12.6 Å². The molecule has 0 spiro atoms. The van der Waals surface area contributed by atoms with Gasteiger partial charge in [0.05, 0.1) is 34.1 Å². The summed E-state index contributed by atoms with van der Waals surface area (Å²) in [5, 5.41) is 0.957. The molecule has 3 aromatic heterocycles. The van der Waals surface area contributed by atoms with Gasteiger partial charge in [0.25, 0.3) is 0 Å². The summed E-state index contributed by atoms with van der Waals surface area (Å²) in [5.41, 5.74) is 3.57. The van der Waals surface area contributed by atoms with E-state index in [4.69, 9.17) is 0 Å². The number of hydrogen-bond donors (Lipinski definition) is 1. The van der Waals surface area contributed by atoms with E-state index < -0.39 is 0 Å². The standard InChI is InChI=1S/C16H16N6OS/c1-3-13(23)22-6-11-14(24-9-20-11)12(7-22)21(2)16-10-4-5-17-15(10)18-8-19-16/h3-5,8-9,12H,1,6-7H2,2H3,(H,17,18,19)/t12-/m1/s1. The molecule has 1 amide bonds. The van der Waals surface area contributed by atoms with Gasteiger partial charge in [-0.05, 0) is 12.1 Å². The van der Waals surface area contributed by atoms with Crippen molar-refractivity contribution >= 4 is 34.1 Å². The van der Waals surface area contributed by atoms with Crippen molar-refractivity contribution in [1.82, 2.24) is 24.8 Å².